The molecule has 0 bridgehead atoms. The van der Waals surface area contributed by atoms with Crippen LogP contribution in [0.2, 0.25) is 5.02 Å². The molecule has 0 aliphatic heterocycles. The Bertz CT molecular complexity index is 355. The summed E-state index contributed by atoms with van der Waals surface area (Å²) >= 11 is 5.94. The lowest BCUT2D eigenvalue weighted by Gasteiger charge is -2.14. The first-order valence-corrected chi connectivity index (χ1v) is 5.81. The van der Waals surface area contributed by atoms with Crippen LogP contribution in [-0.2, 0) is 4.79 Å². The number of amides is 1. The number of halogens is 1. The Hall–Kier alpha value is -1.06. The summed E-state index contributed by atoms with van der Waals surface area (Å²) in [5.41, 5.74) is 0.652. The van der Waals surface area contributed by atoms with E-state index in [9.17, 15) is 4.79 Å². The molecule has 2 N–H and O–H groups in total. The van der Waals surface area contributed by atoms with Crippen molar-refractivity contribution < 1.29 is 4.79 Å². The SMILES string of the molecule is CCCNC(C)C(=O)Nc1ccccc1Cl. The van der Waals surface area contributed by atoms with Crippen LogP contribution in [0.25, 0.3) is 0 Å². The van der Waals surface area contributed by atoms with Crippen LogP contribution in [0.1, 0.15) is 20.3 Å². The van der Waals surface area contributed by atoms with E-state index in [0.29, 0.717) is 10.7 Å². The molecule has 0 saturated carbocycles. The molecule has 1 unspecified atom stereocenters. The zero-order chi connectivity index (χ0) is 12.0. The number of para-hydroxylation sites is 1. The van der Waals surface area contributed by atoms with E-state index < -0.39 is 0 Å². The molecule has 0 aromatic heterocycles. The highest BCUT2D eigenvalue weighted by Gasteiger charge is 2.12. The number of carbonyl (C=O) groups excluding carboxylic acids is 1. The van der Waals surface area contributed by atoms with Gasteiger partial charge in [0, 0.05) is 0 Å². The summed E-state index contributed by atoms with van der Waals surface area (Å²) in [6.45, 7) is 4.73. The first-order valence-electron chi connectivity index (χ1n) is 5.44. The number of hydrogen-bond acceptors (Lipinski definition) is 2. The topological polar surface area (TPSA) is 41.1 Å². The summed E-state index contributed by atoms with van der Waals surface area (Å²) in [4.78, 5) is 11.7. The van der Waals surface area contributed by atoms with Gasteiger partial charge in [-0.1, -0.05) is 30.7 Å². The van der Waals surface area contributed by atoms with Crippen LogP contribution in [0.4, 0.5) is 5.69 Å². The fourth-order valence-electron chi connectivity index (χ4n) is 1.26. The minimum Gasteiger partial charge on any atom is -0.323 e. The van der Waals surface area contributed by atoms with Crippen molar-refractivity contribution in [2.45, 2.75) is 26.3 Å². The van der Waals surface area contributed by atoms with Crippen LogP contribution in [0.5, 0.6) is 0 Å². The summed E-state index contributed by atoms with van der Waals surface area (Å²) in [5.74, 6) is -0.0680. The van der Waals surface area contributed by atoms with Gasteiger partial charge in [0.25, 0.3) is 0 Å². The monoisotopic (exact) mass is 240 g/mol. The molecule has 88 valence electrons. The molecule has 1 rings (SSSR count). The molecule has 1 amide bonds. The van der Waals surface area contributed by atoms with Crippen LogP contribution in [0.3, 0.4) is 0 Å². The molecular weight excluding hydrogens is 224 g/mol. The van der Waals surface area contributed by atoms with E-state index in [1.807, 2.05) is 19.1 Å². The maximum Gasteiger partial charge on any atom is 0.241 e. The molecule has 0 fully saturated rings. The van der Waals surface area contributed by atoms with E-state index >= 15 is 0 Å². The lowest BCUT2D eigenvalue weighted by Crippen LogP contribution is -2.38. The number of anilines is 1. The fraction of sp³-hybridized carbons (Fsp3) is 0.417. The van der Waals surface area contributed by atoms with Crippen LogP contribution >= 0.6 is 11.6 Å². The van der Waals surface area contributed by atoms with E-state index in [-0.39, 0.29) is 11.9 Å². The van der Waals surface area contributed by atoms with Gasteiger partial charge < -0.3 is 10.6 Å². The molecule has 0 aliphatic rings. The lowest BCUT2D eigenvalue weighted by molar-refractivity contribution is -0.117. The quantitative estimate of drug-likeness (QED) is 0.831. The number of nitrogens with one attached hydrogen (secondary N) is 2. The van der Waals surface area contributed by atoms with E-state index in [1.54, 1.807) is 12.1 Å². The highest BCUT2D eigenvalue weighted by Crippen LogP contribution is 2.20. The van der Waals surface area contributed by atoms with Crippen molar-refractivity contribution in [3.63, 3.8) is 0 Å². The van der Waals surface area contributed by atoms with Crippen LogP contribution in [0.15, 0.2) is 24.3 Å². The van der Waals surface area contributed by atoms with Gasteiger partial charge in [-0.15, -0.1) is 0 Å². The Labute approximate surface area is 101 Å². The minimum atomic E-state index is -0.212. The van der Waals surface area contributed by atoms with Gasteiger partial charge in [-0.25, -0.2) is 0 Å². The molecule has 3 nitrogen and oxygen atoms in total. The molecule has 0 heterocycles. The maximum atomic E-state index is 11.7. The van der Waals surface area contributed by atoms with E-state index in [2.05, 4.69) is 17.6 Å². The molecule has 16 heavy (non-hydrogen) atoms. The average molecular weight is 241 g/mol. The van der Waals surface area contributed by atoms with E-state index in [0.717, 1.165) is 13.0 Å². The molecule has 4 heteroatoms. The normalized spacial score (nSPS) is 12.2. The predicted molar refractivity (Wildman–Crippen MR) is 67.8 cm³/mol. The highest BCUT2D eigenvalue weighted by atomic mass is 35.5. The zero-order valence-corrected chi connectivity index (χ0v) is 10.3. The lowest BCUT2D eigenvalue weighted by atomic mass is 10.2. The molecule has 1 atom stereocenters. The number of carbonyl (C=O) groups is 1. The fourth-order valence-corrected chi connectivity index (χ4v) is 1.44. The van der Waals surface area contributed by atoms with Crippen molar-refractivity contribution in [1.82, 2.24) is 5.32 Å². The van der Waals surface area contributed by atoms with Crippen molar-refractivity contribution in [3.8, 4) is 0 Å². The molecule has 1 aromatic carbocycles. The number of benzene rings is 1. The molecule has 0 radical (unpaired) electrons. The smallest absolute Gasteiger partial charge is 0.241 e. The first kappa shape index (κ1) is 13.0. The highest BCUT2D eigenvalue weighted by molar-refractivity contribution is 6.33. The Morgan fingerprint density at radius 3 is 2.75 bits per heavy atom. The zero-order valence-electron chi connectivity index (χ0n) is 9.59. The van der Waals surface area contributed by atoms with Gasteiger partial charge in [-0.05, 0) is 32.0 Å². The summed E-state index contributed by atoms with van der Waals surface area (Å²) in [6, 6.07) is 6.99. The third kappa shape index (κ3) is 3.83. The van der Waals surface area contributed by atoms with Crippen molar-refractivity contribution in [1.29, 1.82) is 0 Å². The third-order valence-electron chi connectivity index (χ3n) is 2.23. The Morgan fingerprint density at radius 2 is 2.12 bits per heavy atom. The predicted octanol–water partition coefficient (Wildman–Crippen LogP) is 2.67. The van der Waals surface area contributed by atoms with Gasteiger partial charge >= 0.3 is 0 Å². The maximum absolute atomic E-state index is 11.7. The van der Waals surface area contributed by atoms with E-state index in [1.165, 1.54) is 0 Å². The molecular formula is C12H17ClN2O. The average Bonchev–Trinajstić information content (AvgIpc) is 2.28. The number of rotatable bonds is 5. The second kappa shape index (κ2) is 6.51. The van der Waals surface area contributed by atoms with Gasteiger partial charge in [0.15, 0.2) is 0 Å². The van der Waals surface area contributed by atoms with Gasteiger partial charge in [0.05, 0.1) is 16.8 Å². The standard InChI is InChI=1S/C12H17ClN2O/c1-3-8-14-9(2)12(16)15-11-7-5-4-6-10(11)13/h4-7,9,14H,3,8H2,1-2H3,(H,15,16). The Morgan fingerprint density at radius 1 is 1.44 bits per heavy atom. The summed E-state index contributed by atoms with van der Waals surface area (Å²) in [7, 11) is 0. The summed E-state index contributed by atoms with van der Waals surface area (Å²) in [5, 5.41) is 6.46. The molecule has 0 saturated heterocycles. The van der Waals surface area contributed by atoms with Crippen LogP contribution in [0, 0.1) is 0 Å². The Kier molecular flexibility index (Phi) is 5.29. The van der Waals surface area contributed by atoms with E-state index in [4.69, 9.17) is 11.6 Å². The largest absolute Gasteiger partial charge is 0.323 e. The van der Waals surface area contributed by atoms with Crippen molar-refractivity contribution in [3.05, 3.63) is 29.3 Å². The van der Waals surface area contributed by atoms with Gasteiger partial charge in [-0.2, -0.15) is 0 Å². The molecule has 0 aliphatic carbocycles. The molecule has 1 aromatic rings. The van der Waals surface area contributed by atoms with Gasteiger partial charge in [0.1, 0.15) is 0 Å². The number of hydrogen-bond donors (Lipinski definition) is 2. The van der Waals surface area contributed by atoms with Crippen molar-refractivity contribution in [2.24, 2.45) is 0 Å². The summed E-state index contributed by atoms with van der Waals surface area (Å²) in [6.07, 6.45) is 1.00. The van der Waals surface area contributed by atoms with Gasteiger partial charge in [-0.3, -0.25) is 4.79 Å². The van der Waals surface area contributed by atoms with Crippen LogP contribution in [-0.4, -0.2) is 18.5 Å². The van der Waals surface area contributed by atoms with Crippen molar-refractivity contribution in [2.75, 3.05) is 11.9 Å². The third-order valence-corrected chi connectivity index (χ3v) is 2.56. The first-order chi connectivity index (χ1) is 7.65. The molecule has 0 spiro atoms. The van der Waals surface area contributed by atoms with Crippen LogP contribution < -0.4 is 10.6 Å². The second-order valence-electron chi connectivity index (χ2n) is 3.64. The minimum absolute atomic E-state index is 0.0680. The second-order valence-corrected chi connectivity index (χ2v) is 4.05. The van der Waals surface area contributed by atoms with Crippen molar-refractivity contribution >= 4 is 23.2 Å². The Balaban J connectivity index is 2.54. The van der Waals surface area contributed by atoms with Gasteiger partial charge in [0.2, 0.25) is 5.91 Å². The summed E-state index contributed by atoms with van der Waals surface area (Å²) < 4.78 is 0.